The Kier molecular flexibility index (Phi) is 6.93. The fourth-order valence-electron chi connectivity index (χ4n) is 3.19. The summed E-state index contributed by atoms with van der Waals surface area (Å²) in [7, 11) is 0. The molecule has 0 radical (unpaired) electrons. The SMILES string of the molecule is C[C@@H](CCc1ccccc1)NC(=O)COC(=O)[C@@H]1COc2ccc(Cl)cc2C1. The van der Waals surface area contributed by atoms with Gasteiger partial charge in [-0.25, -0.2) is 0 Å². The summed E-state index contributed by atoms with van der Waals surface area (Å²) in [4.78, 5) is 24.3. The lowest BCUT2D eigenvalue weighted by atomic mass is 9.97. The van der Waals surface area contributed by atoms with Crippen LogP contribution in [0.4, 0.5) is 0 Å². The van der Waals surface area contributed by atoms with E-state index in [0.29, 0.717) is 11.4 Å². The molecule has 0 aromatic heterocycles. The fraction of sp³-hybridized carbons (Fsp3) is 0.364. The van der Waals surface area contributed by atoms with Crippen molar-refractivity contribution >= 4 is 23.5 Å². The van der Waals surface area contributed by atoms with Crippen LogP contribution in [0.25, 0.3) is 0 Å². The molecule has 0 saturated heterocycles. The van der Waals surface area contributed by atoms with E-state index in [2.05, 4.69) is 17.4 Å². The van der Waals surface area contributed by atoms with Gasteiger partial charge in [0.1, 0.15) is 12.4 Å². The monoisotopic (exact) mass is 401 g/mol. The van der Waals surface area contributed by atoms with Crippen molar-refractivity contribution < 1.29 is 19.1 Å². The molecule has 1 amide bonds. The molecular weight excluding hydrogens is 378 g/mol. The van der Waals surface area contributed by atoms with E-state index in [1.807, 2.05) is 25.1 Å². The number of nitrogens with one attached hydrogen (secondary N) is 1. The summed E-state index contributed by atoms with van der Waals surface area (Å²) in [5.74, 6) is -0.431. The summed E-state index contributed by atoms with van der Waals surface area (Å²) < 4.78 is 10.8. The molecule has 2 aromatic carbocycles. The zero-order valence-corrected chi connectivity index (χ0v) is 16.6. The first-order chi connectivity index (χ1) is 13.5. The highest BCUT2D eigenvalue weighted by Crippen LogP contribution is 2.30. The summed E-state index contributed by atoms with van der Waals surface area (Å²) in [6, 6.07) is 15.4. The van der Waals surface area contributed by atoms with Crippen LogP contribution in [-0.2, 0) is 27.2 Å². The molecule has 28 heavy (non-hydrogen) atoms. The van der Waals surface area contributed by atoms with E-state index in [9.17, 15) is 9.59 Å². The highest BCUT2D eigenvalue weighted by atomic mass is 35.5. The molecule has 3 rings (SSSR count). The van der Waals surface area contributed by atoms with Gasteiger partial charge in [-0.1, -0.05) is 41.9 Å². The number of esters is 1. The summed E-state index contributed by atoms with van der Waals surface area (Å²) in [6.45, 7) is 1.90. The van der Waals surface area contributed by atoms with Gasteiger partial charge in [0, 0.05) is 11.1 Å². The minimum absolute atomic E-state index is 0.00144. The predicted octanol–water partition coefficient (Wildman–Crippen LogP) is 3.57. The number of hydrogen-bond donors (Lipinski definition) is 1. The standard InChI is InChI=1S/C22H24ClNO4/c1-15(7-8-16-5-3-2-4-6-16)24-21(25)14-28-22(26)18-11-17-12-19(23)9-10-20(17)27-13-18/h2-6,9-10,12,15,18H,7-8,11,13-14H2,1H3,(H,24,25)/t15-,18-/m0/s1. The van der Waals surface area contributed by atoms with E-state index in [1.54, 1.807) is 18.2 Å². The van der Waals surface area contributed by atoms with Gasteiger partial charge >= 0.3 is 5.97 Å². The maximum absolute atomic E-state index is 12.3. The average molecular weight is 402 g/mol. The molecule has 0 unspecified atom stereocenters. The normalized spacial score (nSPS) is 16.4. The number of amides is 1. The number of hydrogen-bond acceptors (Lipinski definition) is 4. The number of benzene rings is 2. The van der Waals surface area contributed by atoms with Crippen molar-refractivity contribution in [1.82, 2.24) is 5.32 Å². The third-order valence-corrected chi connectivity index (χ3v) is 4.96. The summed E-state index contributed by atoms with van der Waals surface area (Å²) in [5.41, 5.74) is 2.10. The highest BCUT2D eigenvalue weighted by Gasteiger charge is 2.28. The molecule has 0 spiro atoms. The van der Waals surface area contributed by atoms with Gasteiger partial charge in [0.15, 0.2) is 6.61 Å². The number of aryl methyl sites for hydroxylation is 1. The molecule has 1 aliphatic rings. The molecule has 1 N–H and O–H groups in total. The largest absolute Gasteiger partial charge is 0.492 e. The van der Waals surface area contributed by atoms with Crippen molar-refractivity contribution in [3.8, 4) is 5.75 Å². The maximum atomic E-state index is 12.3. The second kappa shape index (κ2) is 9.60. The van der Waals surface area contributed by atoms with Gasteiger partial charge in [-0.2, -0.15) is 0 Å². The van der Waals surface area contributed by atoms with E-state index in [-0.39, 0.29) is 25.2 Å². The Bertz CT molecular complexity index is 825. The number of ether oxygens (including phenoxy) is 2. The topological polar surface area (TPSA) is 64.6 Å². The second-order valence-corrected chi connectivity index (χ2v) is 7.50. The summed E-state index contributed by atoms with van der Waals surface area (Å²) >= 11 is 6.00. The van der Waals surface area contributed by atoms with E-state index in [4.69, 9.17) is 21.1 Å². The van der Waals surface area contributed by atoms with Crippen LogP contribution in [0.3, 0.4) is 0 Å². The van der Waals surface area contributed by atoms with Gasteiger partial charge in [-0.15, -0.1) is 0 Å². The van der Waals surface area contributed by atoms with Crippen LogP contribution >= 0.6 is 11.6 Å². The van der Waals surface area contributed by atoms with Gasteiger partial charge in [-0.05, 0) is 55.5 Å². The Hall–Kier alpha value is -2.53. The molecule has 2 atom stereocenters. The van der Waals surface area contributed by atoms with Crippen LogP contribution in [0.1, 0.15) is 24.5 Å². The van der Waals surface area contributed by atoms with E-state index in [1.165, 1.54) is 5.56 Å². The van der Waals surface area contributed by atoms with Gasteiger partial charge in [0.25, 0.3) is 5.91 Å². The van der Waals surface area contributed by atoms with Crippen molar-refractivity contribution in [2.24, 2.45) is 5.92 Å². The average Bonchev–Trinajstić information content (AvgIpc) is 2.70. The van der Waals surface area contributed by atoms with Crippen LogP contribution in [0.2, 0.25) is 5.02 Å². The molecule has 1 aliphatic heterocycles. The molecule has 0 bridgehead atoms. The Morgan fingerprint density at radius 2 is 2.04 bits per heavy atom. The first-order valence-electron chi connectivity index (χ1n) is 9.42. The number of carbonyl (C=O) groups is 2. The zero-order valence-electron chi connectivity index (χ0n) is 15.8. The molecule has 0 saturated carbocycles. The third kappa shape index (κ3) is 5.73. The highest BCUT2D eigenvalue weighted by molar-refractivity contribution is 6.30. The lowest BCUT2D eigenvalue weighted by molar-refractivity contribution is -0.154. The van der Waals surface area contributed by atoms with Crippen LogP contribution in [0.15, 0.2) is 48.5 Å². The quantitative estimate of drug-likeness (QED) is 0.720. The lowest BCUT2D eigenvalue weighted by Crippen LogP contribution is -2.37. The first kappa shape index (κ1) is 20.2. The van der Waals surface area contributed by atoms with Crippen molar-refractivity contribution in [3.05, 3.63) is 64.7 Å². The van der Waals surface area contributed by atoms with Gasteiger partial charge in [-0.3, -0.25) is 9.59 Å². The number of carbonyl (C=O) groups excluding carboxylic acids is 2. The molecule has 148 valence electrons. The molecular formula is C22H24ClNO4. The second-order valence-electron chi connectivity index (χ2n) is 7.06. The summed E-state index contributed by atoms with van der Waals surface area (Å²) in [6.07, 6.45) is 2.19. The van der Waals surface area contributed by atoms with Crippen LogP contribution in [0, 0.1) is 5.92 Å². The molecule has 0 fully saturated rings. The third-order valence-electron chi connectivity index (χ3n) is 4.72. The molecule has 0 aliphatic carbocycles. The van der Waals surface area contributed by atoms with Crippen LogP contribution in [-0.4, -0.2) is 31.1 Å². The Balaban J connectivity index is 1.40. The van der Waals surface area contributed by atoms with Crippen molar-refractivity contribution in [2.45, 2.75) is 32.2 Å². The van der Waals surface area contributed by atoms with Crippen LogP contribution < -0.4 is 10.1 Å². The van der Waals surface area contributed by atoms with Crippen molar-refractivity contribution in [2.75, 3.05) is 13.2 Å². The first-order valence-corrected chi connectivity index (χ1v) is 9.80. The predicted molar refractivity (Wildman–Crippen MR) is 107 cm³/mol. The molecule has 2 aromatic rings. The minimum Gasteiger partial charge on any atom is -0.492 e. The summed E-state index contributed by atoms with van der Waals surface area (Å²) in [5, 5.41) is 3.46. The Morgan fingerprint density at radius 3 is 2.82 bits per heavy atom. The minimum atomic E-state index is -0.436. The van der Waals surface area contributed by atoms with E-state index in [0.717, 1.165) is 24.2 Å². The lowest BCUT2D eigenvalue weighted by Gasteiger charge is -2.24. The van der Waals surface area contributed by atoms with E-state index >= 15 is 0 Å². The molecule has 6 heteroatoms. The van der Waals surface area contributed by atoms with Crippen molar-refractivity contribution in [1.29, 1.82) is 0 Å². The maximum Gasteiger partial charge on any atom is 0.313 e. The molecule has 1 heterocycles. The van der Waals surface area contributed by atoms with Gasteiger partial charge < -0.3 is 14.8 Å². The Morgan fingerprint density at radius 1 is 1.25 bits per heavy atom. The van der Waals surface area contributed by atoms with Crippen LogP contribution in [0.5, 0.6) is 5.75 Å². The fourth-order valence-corrected chi connectivity index (χ4v) is 3.38. The smallest absolute Gasteiger partial charge is 0.313 e. The number of fused-ring (bicyclic) bond motifs is 1. The zero-order chi connectivity index (χ0) is 19.9. The van der Waals surface area contributed by atoms with E-state index < -0.39 is 11.9 Å². The number of rotatable bonds is 7. The molecule has 5 nitrogen and oxygen atoms in total. The Labute approximate surface area is 170 Å². The van der Waals surface area contributed by atoms with Gasteiger partial charge in [0.05, 0.1) is 5.92 Å². The van der Waals surface area contributed by atoms with Crippen molar-refractivity contribution in [3.63, 3.8) is 0 Å². The van der Waals surface area contributed by atoms with Gasteiger partial charge in [0.2, 0.25) is 0 Å². The number of halogens is 1.